The van der Waals surface area contributed by atoms with E-state index in [4.69, 9.17) is 42.7 Å². The number of carboxylic acids is 1. The summed E-state index contributed by atoms with van der Waals surface area (Å²) in [6.07, 6.45) is -9.77. The number of nitrogens with one attached hydrogen (secondary N) is 1. The number of oxime groups is 1. The molecule has 3 fully saturated rings. The van der Waals surface area contributed by atoms with Crippen LogP contribution in [0.4, 0.5) is 4.79 Å². The van der Waals surface area contributed by atoms with Crippen LogP contribution < -0.4 is 15.8 Å². The van der Waals surface area contributed by atoms with Crippen molar-refractivity contribution in [2.24, 2.45) is 28.8 Å². The van der Waals surface area contributed by atoms with Crippen molar-refractivity contribution in [2.45, 2.75) is 198 Å². The highest BCUT2D eigenvalue weighted by Gasteiger charge is 2.54. The fourth-order valence-electron chi connectivity index (χ4n) is 12.2. The SMILES string of the molecule is CC[C@H]1OC(=O)[C@H](C)[C@@H](O[C@H]2C[C@@](C)(OC)[C@@H](OC(=O)NCCOCCSc3ccc4c(c3)c(=O)c(C(=O)O)cn4N(C)C)[C@H](C)O2)[C@H](C)[C@@H](O[C@@H]2O[C@H](C)C[C@H](N(C)C)[C@H]2O)[C@](C)(O)C[C@@H](C)/C(=N\OCCN(CC)CC)[C@H](C)[C@@H](O)[C@]1(C)O. The summed E-state index contributed by atoms with van der Waals surface area (Å²) in [6.45, 7) is 24.1. The number of hydrogen-bond donors (Lipinski definition) is 6. The third-order valence-electron chi connectivity index (χ3n) is 17.2. The molecule has 3 aliphatic rings. The van der Waals surface area contributed by atoms with Crippen LogP contribution >= 0.6 is 11.8 Å². The molecule has 0 bridgehead atoms. The quantitative estimate of drug-likeness (QED) is 0.0381. The van der Waals surface area contributed by atoms with Gasteiger partial charge in [0.25, 0.3) is 0 Å². The summed E-state index contributed by atoms with van der Waals surface area (Å²) in [5, 5.41) is 68.3. The van der Waals surface area contributed by atoms with Crippen LogP contribution in [0.5, 0.6) is 0 Å². The number of benzene rings is 1. The summed E-state index contributed by atoms with van der Waals surface area (Å²) < 4.78 is 52.4. The van der Waals surface area contributed by atoms with Gasteiger partial charge in [0.15, 0.2) is 18.7 Å². The summed E-state index contributed by atoms with van der Waals surface area (Å²) in [5.41, 5.74) is -5.04. The molecule has 0 aliphatic carbocycles. The van der Waals surface area contributed by atoms with Gasteiger partial charge in [0, 0.05) is 86.7 Å². The normalized spacial score (nSPS) is 34.9. The molecule has 0 saturated carbocycles. The lowest BCUT2D eigenvalue weighted by atomic mass is 9.73. The van der Waals surface area contributed by atoms with Crippen LogP contribution in [0, 0.1) is 23.7 Å². The van der Waals surface area contributed by atoms with Gasteiger partial charge in [0.1, 0.15) is 35.6 Å². The Morgan fingerprint density at radius 3 is 2.20 bits per heavy atom. The van der Waals surface area contributed by atoms with Crippen molar-refractivity contribution in [3.8, 4) is 0 Å². The van der Waals surface area contributed by atoms with E-state index in [1.165, 1.54) is 32.0 Å². The van der Waals surface area contributed by atoms with Crippen molar-refractivity contribution in [3.05, 3.63) is 40.2 Å². The smallest absolute Gasteiger partial charge is 0.407 e. The first kappa shape index (κ1) is 71.5. The molecule has 0 spiro atoms. The van der Waals surface area contributed by atoms with E-state index in [-0.39, 0.29) is 62.1 Å². The van der Waals surface area contributed by atoms with Crippen molar-refractivity contribution >= 4 is 46.4 Å². The highest BCUT2D eigenvalue weighted by molar-refractivity contribution is 7.99. The molecule has 5 rings (SSSR count). The number of thioether (sulfide) groups is 1. The van der Waals surface area contributed by atoms with Crippen molar-refractivity contribution in [2.75, 3.05) is 92.1 Å². The second-order valence-corrected chi connectivity index (χ2v) is 25.4. The number of aliphatic hydroxyl groups excluding tert-OH is 2. The van der Waals surface area contributed by atoms with Gasteiger partial charge in [0.2, 0.25) is 5.43 Å². The van der Waals surface area contributed by atoms with Gasteiger partial charge < -0.3 is 88.4 Å². The minimum atomic E-state index is -2.00. The van der Waals surface area contributed by atoms with Crippen LogP contribution in [0.25, 0.3) is 10.9 Å². The molecule has 1 aromatic heterocycles. The lowest BCUT2D eigenvalue weighted by molar-refractivity contribution is -0.317. The maximum absolute atomic E-state index is 14.8. The summed E-state index contributed by atoms with van der Waals surface area (Å²) in [6, 6.07) is 4.91. The zero-order valence-corrected chi connectivity index (χ0v) is 54.0. The molecule has 1 aromatic carbocycles. The van der Waals surface area contributed by atoms with Gasteiger partial charge in [-0.15, -0.1) is 11.8 Å². The first-order chi connectivity index (χ1) is 39.9. The predicted octanol–water partition coefficient (Wildman–Crippen LogP) is 4.68. The molecule has 1 amide bonds. The molecule has 0 unspecified atom stereocenters. The number of methoxy groups -OCH3 is 1. The van der Waals surface area contributed by atoms with Gasteiger partial charge in [-0.3, -0.25) is 14.3 Å². The maximum atomic E-state index is 14.8. The second kappa shape index (κ2) is 31.3. The number of likely N-dealkylation sites (N-methyl/N-ethyl adjacent to an activating group) is 2. The number of carbonyl (C=O) groups excluding carboxylic acids is 2. The number of ether oxygens (including phenoxy) is 8. The van der Waals surface area contributed by atoms with Crippen LogP contribution in [-0.4, -0.2) is 235 Å². The molecule has 3 saturated heterocycles. The number of aromatic carboxylic acids is 1. The van der Waals surface area contributed by atoms with E-state index in [9.17, 15) is 44.7 Å². The number of nitrogens with zero attached hydrogens (tertiary/aromatic N) is 5. The van der Waals surface area contributed by atoms with E-state index < -0.39 is 119 Å². The molecule has 24 nitrogen and oxygen atoms in total. The zero-order chi connectivity index (χ0) is 63.5. The van der Waals surface area contributed by atoms with Crippen LogP contribution in [0.3, 0.4) is 0 Å². The van der Waals surface area contributed by atoms with Crippen LogP contribution in [0.2, 0.25) is 0 Å². The van der Waals surface area contributed by atoms with Crippen molar-refractivity contribution in [1.29, 1.82) is 0 Å². The molecule has 484 valence electrons. The molecule has 18 atom stereocenters. The Kier molecular flexibility index (Phi) is 26.3. The molecule has 2 aromatic rings. The standard InChI is InChI=1S/C60H100N6O18S/c1-18-45-60(12,75)51(69)36(6)47(62-78-26-24-65(19-2)20-3)34(4)31-58(10,74)52(83-56-49(68)44(63(13)14)29-35(5)79-56)37(7)50(38(8)55(72)81-45)82-46-32-59(11,76-17)53(39(9)80-46)84-57(73)61-23-25-77-27-28-85-40-21-22-43-41(30-40)48(67)42(54(70)71)33-66(43)64(15)16/h21-22,30,33-39,44-46,49-53,56,68-69,74-75H,18-20,23-29,31-32H2,1-17H3,(H,61,73)(H,70,71)/b62-47+/t34-,35-,36+,37+,38-,39+,44+,45-,46+,49-,50+,51-,52-,53+,56+,58-,59-,60-/m1/s1. The second-order valence-electron chi connectivity index (χ2n) is 24.3. The minimum absolute atomic E-state index is 0.0167. The largest absolute Gasteiger partial charge is 0.477 e. The Balaban J connectivity index is 1.36. The van der Waals surface area contributed by atoms with Crippen molar-refractivity contribution in [1.82, 2.24) is 19.8 Å². The Bertz CT molecular complexity index is 2590. The number of hydrogen-bond acceptors (Lipinski definition) is 22. The third kappa shape index (κ3) is 17.8. The number of aliphatic hydroxyl groups is 4. The lowest BCUT2D eigenvalue weighted by Gasteiger charge is -2.49. The number of cyclic esters (lactones) is 1. The number of pyridine rings is 1. The Morgan fingerprint density at radius 2 is 1.59 bits per heavy atom. The van der Waals surface area contributed by atoms with Crippen LogP contribution in [0.15, 0.2) is 39.2 Å². The number of esters is 1. The lowest BCUT2D eigenvalue weighted by Crippen LogP contribution is -2.61. The Labute approximate surface area is 506 Å². The van der Waals surface area contributed by atoms with Gasteiger partial charge in [-0.1, -0.05) is 46.7 Å². The molecule has 0 radical (unpaired) electrons. The monoisotopic (exact) mass is 1220 g/mol. The van der Waals surface area contributed by atoms with E-state index in [0.717, 1.165) is 18.0 Å². The fourth-order valence-corrected chi connectivity index (χ4v) is 13.0. The minimum Gasteiger partial charge on any atom is -0.477 e. The molecule has 6 N–H and O–H groups in total. The van der Waals surface area contributed by atoms with E-state index in [1.54, 1.807) is 84.4 Å². The summed E-state index contributed by atoms with van der Waals surface area (Å²) in [5.74, 6) is -5.16. The molecular formula is C60H100N6O18S. The van der Waals surface area contributed by atoms with E-state index in [1.807, 2.05) is 52.8 Å². The summed E-state index contributed by atoms with van der Waals surface area (Å²) in [7, 11) is 8.68. The number of rotatable bonds is 23. The Hall–Kier alpha value is -4.22. The molecule has 3 aliphatic heterocycles. The number of aromatic nitrogens is 1. The summed E-state index contributed by atoms with van der Waals surface area (Å²) in [4.78, 5) is 63.8. The zero-order valence-electron chi connectivity index (χ0n) is 53.1. The highest BCUT2D eigenvalue weighted by Crippen LogP contribution is 2.42. The van der Waals surface area contributed by atoms with Crippen LogP contribution in [-0.2, 0) is 47.5 Å². The van der Waals surface area contributed by atoms with E-state index >= 15 is 0 Å². The maximum Gasteiger partial charge on any atom is 0.407 e. The topological polar surface area (TPSA) is 292 Å². The van der Waals surface area contributed by atoms with Crippen molar-refractivity contribution < 1.29 is 82.6 Å². The fraction of sp³-hybridized carbons (Fsp3) is 0.783. The Morgan fingerprint density at radius 1 is 0.906 bits per heavy atom. The first-order valence-electron chi connectivity index (χ1n) is 29.9. The average molecular weight is 1230 g/mol. The average Bonchev–Trinajstić information content (AvgIpc) is 2.48. The number of fused-ring (bicyclic) bond motifs is 1. The van der Waals surface area contributed by atoms with Gasteiger partial charge >= 0.3 is 18.0 Å². The summed E-state index contributed by atoms with van der Waals surface area (Å²) >= 11 is 1.43. The van der Waals surface area contributed by atoms with Gasteiger partial charge in [-0.2, -0.15) is 0 Å². The number of carbonyl (C=O) groups is 3. The molecule has 25 heteroatoms. The highest BCUT2D eigenvalue weighted by atomic mass is 32.2. The molecule has 85 heavy (non-hydrogen) atoms. The number of carboxylic acid groups (broad SMARTS) is 1. The number of amides is 1. The number of alkyl carbamates (subject to hydrolysis) is 1. The third-order valence-corrected chi connectivity index (χ3v) is 18.2. The predicted molar refractivity (Wildman–Crippen MR) is 321 cm³/mol. The van der Waals surface area contributed by atoms with Crippen molar-refractivity contribution in [3.63, 3.8) is 0 Å². The van der Waals surface area contributed by atoms with Gasteiger partial charge in [-0.05, 0) is 106 Å². The van der Waals surface area contributed by atoms with Crippen LogP contribution in [0.1, 0.15) is 119 Å². The molecule has 4 heterocycles. The molecular weight excluding hydrogens is 1120 g/mol. The van der Waals surface area contributed by atoms with E-state index in [0.29, 0.717) is 36.6 Å². The van der Waals surface area contributed by atoms with E-state index in [2.05, 4.69) is 15.4 Å². The first-order valence-corrected chi connectivity index (χ1v) is 30.9. The van der Waals surface area contributed by atoms with Gasteiger partial charge in [-0.25, -0.2) is 9.59 Å². The van der Waals surface area contributed by atoms with Gasteiger partial charge in [0.05, 0.1) is 66.5 Å².